The number of carbonyl (C=O) groups is 4. The smallest absolute Gasteiger partial charge is 0.255 e. The van der Waals surface area contributed by atoms with E-state index in [0.717, 1.165) is 18.7 Å². The predicted octanol–water partition coefficient (Wildman–Crippen LogP) is 1.27. The van der Waals surface area contributed by atoms with Gasteiger partial charge in [0.25, 0.3) is 5.91 Å². The van der Waals surface area contributed by atoms with E-state index in [-0.39, 0.29) is 30.4 Å². The molecule has 43 heavy (non-hydrogen) atoms. The van der Waals surface area contributed by atoms with Crippen molar-refractivity contribution in [2.24, 2.45) is 5.92 Å². The minimum Gasteiger partial charge on any atom is -0.491 e. The van der Waals surface area contributed by atoms with Gasteiger partial charge in [-0.1, -0.05) is 56.3 Å². The van der Waals surface area contributed by atoms with E-state index in [9.17, 15) is 19.2 Å². The minimum atomic E-state index is -1.15. The first kappa shape index (κ1) is 32.0. The van der Waals surface area contributed by atoms with Crippen molar-refractivity contribution in [3.8, 4) is 5.75 Å². The van der Waals surface area contributed by atoms with Gasteiger partial charge >= 0.3 is 0 Å². The molecule has 4 amide bonds. The number of morpholine rings is 1. The van der Waals surface area contributed by atoms with Crippen LogP contribution in [0.5, 0.6) is 5.75 Å². The molecule has 11 nitrogen and oxygen atoms in total. The maximum atomic E-state index is 13.5. The van der Waals surface area contributed by atoms with Gasteiger partial charge in [-0.25, -0.2) is 0 Å². The Balaban J connectivity index is 1.55. The van der Waals surface area contributed by atoms with Gasteiger partial charge in [-0.2, -0.15) is 0 Å². The van der Waals surface area contributed by atoms with Gasteiger partial charge in [-0.05, 0) is 36.5 Å². The molecule has 232 valence electrons. The summed E-state index contributed by atoms with van der Waals surface area (Å²) in [5.74, 6) is -1.40. The molecule has 1 saturated heterocycles. The zero-order valence-electron chi connectivity index (χ0n) is 25.0. The second kappa shape index (κ2) is 16.0. The summed E-state index contributed by atoms with van der Waals surface area (Å²) in [5, 5.41) is 11.5. The third-order valence-corrected chi connectivity index (χ3v) is 7.44. The number of nitrogens with zero attached hydrogens (tertiary/aromatic N) is 1. The number of ether oxygens (including phenoxy) is 2. The zero-order valence-corrected chi connectivity index (χ0v) is 25.0. The van der Waals surface area contributed by atoms with Crippen LogP contribution >= 0.6 is 0 Å². The highest BCUT2D eigenvalue weighted by molar-refractivity contribution is 6.01. The molecule has 0 saturated carbocycles. The molecule has 4 N–H and O–H groups in total. The molecule has 2 aliphatic rings. The molecule has 11 heteroatoms. The lowest BCUT2D eigenvalue weighted by Crippen LogP contribution is -2.55. The van der Waals surface area contributed by atoms with Crippen molar-refractivity contribution >= 4 is 23.6 Å². The van der Waals surface area contributed by atoms with Gasteiger partial charge in [0.15, 0.2) is 0 Å². The van der Waals surface area contributed by atoms with Crippen LogP contribution in [0.3, 0.4) is 0 Å². The SMILES string of the molecule is CC(C)C[C@@H]1NC(=O)C[C@@H](C(=O)NCCN2CCOCC2)NC(=O)c2ccccc2OC[C@@H](Cc2ccccc2)NC1=O. The average Bonchev–Trinajstić information content (AvgIpc) is 2.99. The van der Waals surface area contributed by atoms with E-state index in [0.29, 0.717) is 44.9 Å². The normalized spacial score (nSPS) is 22.3. The van der Waals surface area contributed by atoms with E-state index in [1.54, 1.807) is 24.3 Å². The maximum Gasteiger partial charge on any atom is 0.255 e. The van der Waals surface area contributed by atoms with E-state index in [2.05, 4.69) is 26.2 Å². The van der Waals surface area contributed by atoms with Crippen molar-refractivity contribution in [2.45, 2.75) is 51.2 Å². The van der Waals surface area contributed by atoms with Gasteiger partial charge < -0.3 is 30.7 Å². The minimum absolute atomic E-state index is 0.0960. The fourth-order valence-electron chi connectivity index (χ4n) is 5.19. The molecule has 2 aliphatic heterocycles. The van der Waals surface area contributed by atoms with Crippen LogP contribution in [0.4, 0.5) is 0 Å². The number of nitrogens with one attached hydrogen (secondary N) is 4. The first-order valence-electron chi connectivity index (χ1n) is 15.0. The molecule has 1 fully saturated rings. The zero-order chi connectivity index (χ0) is 30.6. The summed E-state index contributed by atoms with van der Waals surface area (Å²) >= 11 is 0. The predicted molar refractivity (Wildman–Crippen MR) is 162 cm³/mol. The standard InChI is InChI=1S/C32H43N5O6/c1-22(2)18-26-32(41)34-24(19-23-8-4-3-5-9-23)21-43-28-11-7-6-10-25(28)30(39)36-27(20-29(38)35-26)31(40)33-12-13-37-14-16-42-17-15-37/h3-11,22,24,26-27H,12-21H2,1-2H3,(H,33,40)(H,34,41)(H,35,38)(H,36,39)/t24-,26+,27+/m1/s1. The van der Waals surface area contributed by atoms with Gasteiger partial charge in [-0.3, -0.25) is 24.1 Å². The Morgan fingerprint density at radius 2 is 1.70 bits per heavy atom. The molecule has 2 heterocycles. The molecule has 3 atom stereocenters. The second-order valence-electron chi connectivity index (χ2n) is 11.4. The topological polar surface area (TPSA) is 138 Å². The molecule has 0 spiro atoms. The third kappa shape index (κ3) is 10.1. The lowest BCUT2D eigenvalue weighted by Gasteiger charge is -2.28. The van der Waals surface area contributed by atoms with Crippen LogP contribution in [-0.4, -0.2) is 92.7 Å². The number of amides is 4. The Kier molecular flexibility index (Phi) is 11.9. The maximum absolute atomic E-state index is 13.5. The fourth-order valence-corrected chi connectivity index (χ4v) is 5.19. The van der Waals surface area contributed by atoms with Gasteiger partial charge in [0.2, 0.25) is 17.7 Å². The lowest BCUT2D eigenvalue weighted by atomic mass is 10.0. The number of carbonyl (C=O) groups excluding carboxylic acids is 4. The summed E-state index contributed by atoms with van der Waals surface area (Å²) in [4.78, 5) is 55.7. The molecule has 0 aromatic heterocycles. The summed E-state index contributed by atoms with van der Waals surface area (Å²) in [6.07, 6.45) is 0.575. The molecule has 2 aromatic carbocycles. The molecule has 0 bridgehead atoms. The van der Waals surface area contributed by atoms with Gasteiger partial charge in [0, 0.05) is 26.2 Å². The Hall–Kier alpha value is -3.96. The molecular formula is C32H43N5O6. The summed E-state index contributed by atoms with van der Waals surface area (Å²) in [6, 6.07) is 14.1. The Bertz CT molecular complexity index is 1230. The summed E-state index contributed by atoms with van der Waals surface area (Å²) in [7, 11) is 0. The van der Waals surface area contributed by atoms with Crippen molar-refractivity contribution in [1.29, 1.82) is 0 Å². The fraction of sp³-hybridized carbons (Fsp3) is 0.500. The second-order valence-corrected chi connectivity index (χ2v) is 11.4. The van der Waals surface area contributed by atoms with E-state index in [1.165, 1.54) is 0 Å². The van der Waals surface area contributed by atoms with Crippen LogP contribution in [0.15, 0.2) is 54.6 Å². The molecule has 0 unspecified atom stereocenters. The quantitative estimate of drug-likeness (QED) is 0.362. The molecular weight excluding hydrogens is 550 g/mol. The molecule has 4 rings (SSSR count). The number of rotatable bonds is 8. The first-order valence-corrected chi connectivity index (χ1v) is 15.0. The van der Waals surface area contributed by atoms with E-state index in [1.807, 2.05) is 44.2 Å². The van der Waals surface area contributed by atoms with Crippen molar-refractivity contribution in [3.05, 3.63) is 65.7 Å². The van der Waals surface area contributed by atoms with Gasteiger partial charge in [0.05, 0.1) is 31.2 Å². The van der Waals surface area contributed by atoms with E-state index in [4.69, 9.17) is 9.47 Å². The number of fused-ring (bicyclic) bond motifs is 1. The number of hydrogen-bond donors (Lipinski definition) is 4. The summed E-state index contributed by atoms with van der Waals surface area (Å²) in [5.41, 5.74) is 1.24. The average molecular weight is 594 g/mol. The molecule has 0 radical (unpaired) electrons. The molecule has 0 aliphatic carbocycles. The van der Waals surface area contributed by atoms with Crippen molar-refractivity contribution < 1.29 is 28.7 Å². The Morgan fingerprint density at radius 3 is 2.44 bits per heavy atom. The van der Waals surface area contributed by atoms with E-state index < -0.39 is 35.8 Å². The Morgan fingerprint density at radius 1 is 0.977 bits per heavy atom. The summed E-state index contributed by atoms with van der Waals surface area (Å²) in [6.45, 7) is 7.86. The van der Waals surface area contributed by atoms with E-state index >= 15 is 0 Å². The highest BCUT2D eigenvalue weighted by atomic mass is 16.5. The first-order chi connectivity index (χ1) is 20.8. The van der Waals surface area contributed by atoms with Crippen molar-refractivity contribution in [1.82, 2.24) is 26.2 Å². The highest BCUT2D eigenvalue weighted by Crippen LogP contribution is 2.20. The van der Waals surface area contributed by atoms with Crippen molar-refractivity contribution in [3.63, 3.8) is 0 Å². The largest absolute Gasteiger partial charge is 0.491 e. The van der Waals surface area contributed by atoms with Crippen LogP contribution in [0, 0.1) is 5.92 Å². The summed E-state index contributed by atoms with van der Waals surface area (Å²) < 4.78 is 11.5. The van der Waals surface area contributed by atoms with Crippen LogP contribution in [0.2, 0.25) is 0 Å². The van der Waals surface area contributed by atoms with Crippen LogP contribution in [0.25, 0.3) is 0 Å². The number of para-hydroxylation sites is 1. The van der Waals surface area contributed by atoms with Crippen LogP contribution in [0.1, 0.15) is 42.6 Å². The van der Waals surface area contributed by atoms with Gasteiger partial charge in [0.1, 0.15) is 24.4 Å². The Labute approximate surface area is 253 Å². The molecule has 2 aromatic rings. The highest BCUT2D eigenvalue weighted by Gasteiger charge is 2.30. The lowest BCUT2D eigenvalue weighted by molar-refractivity contribution is -0.131. The van der Waals surface area contributed by atoms with Crippen LogP contribution < -0.4 is 26.0 Å². The van der Waals surface area contributed by atoms with Crippen molar-refractivity contribution in [2.75, 3.05) is 46.0 Å². The van der Waals surface area contributed by atoms with Crippen LogP contribution in [-0.2, 0) is 25.5 Å². The number of hydrogen-bond acceptors (Lipinski definition) is 7. The third-order valence-electron chi connectivity index (χ3n) is 7.44. The monoisotopic (exact) mass is 593 g/mol. The number of benzene rings is 2. The van der Waals surface area contributed by atoms with Gasteiger partial charge in [-0.15, -0.1) is 0 Å².